The number of rotatable bonds is 5. The van der Waals surface area contributed by atoms with E-state index >= 15 is 0 Å². The van der Waals surface area contributed by atoms with Crippen LogP contribution in [-0.2, 0) is 11.0 Å². The summed E-state index contributed by atoms with van der Waals surface area (Å²) in [6.07, 6.45) is -1.78. The summed E-state index contributed by atoms with van der Waals surface area (Å²) in [6, 6.07) is 9.42. The third-order valence-corrected chi connectivity index (χ3v) is 7.91. The van der Waals surface area contributed by atoms with E-state index in [-0.39, 0.29) is 29.8 Å². The largest absolute Gasteiger partial charge is 0.465 e. The third kappa shape index (κ3) is 5.49. The van der Waals surface area contributed by atoms with E-state index in [0.717, 1.165) is 30.7 Å². The second kappa shape index (κ2) is 10.0. The van der Waals surface area contributed by atoms with Crippen LogP contribution in [0.25, 0.3) is 0 Å². The van der Waals surface area contributed by atoms with Gasteiger partial charge in [0.1, 0.15) is 5.82 Å². The van der Waals surface area contributed by atoms with Crippen molar-refractivity contribution in [1.29, 1.82) is 0 Å². The average Bonchev–Trinajstić information content (AvgIpc) is 3.61. The number of piperidine rings is 1. The molecular weight excluding hydrogens is 509 g/mol. The summed E-state index contributed by atoms with van der Waals surface area (Å²) < 4.78 is 38.5. The van der Waals surface area contributed by atoms with Gasteiger partial charge in [-0.3, -0.25) is 9.69 Å². The van der Waals surface area contributed by atoms with Crippen molar-refractivity contribution in [3.8, 4) is 0 Å². The predicted octanol–water partition coefficient (Wildman–Crippen LogP) is 5.11. The summed E-state index contributed by atoms with van der Waals surface area (Å²) in [6.45, 7) is 1.80. The zero-order valence-corrected chi connectivity index (χ0v) is 20.8. The molecule has 2 amide bonds. The standard InChI is InChI=1S/C26H28ClF3N4O3/c27-19-4-1-16(2-5-19)21-14-33(15-22(21)34(25(36)37)20-6-7-20)24(35)17-9-11-32(12-10-17)23-8-3-18(13-31-23)26(28,29)30/h1-5,8,13,17,20-22H,6-7,9-12,14-15H2,(H,36,37)/t21-,22+/m0/s1. The van der Waals surface area contributed by atoms with E-state index in [4.69, 9.17) is 11.6 Å². The number of alkyl halides is 3. The normalized spacial score (nSPS) is 22.8. The summed E-state index contributed by atoms with van der Waals surface area (Å²) in [7, 11) is 0. The number of amides is 2. The maximum Gasteiger partial charge on any atom is 0.417 e. The number of halogens is 4. The highest BCUT2D eigenvalue weighted by atomic mass is 35.5. The zero-order chi connectivity index (χ0) is 26.3. The number of aromatic nitrogens is 1. The Morgan fingerprint density at radius 2 is 1.68 bits per heavy atom. The highest BCUT2D eigenvalue weighted by Crippen LogP contribution is 2.39. The van der Waals surface area contributed by atoms with Crippen LogP contribution in [0.2, 0.25) is 5.02 Å². The van der Waals surface area contributed by atoms with E-state index < -0.39 is 17.8 Å². The van der Waals surface area contributed by atoms with Gasteiger partial charge >= 0.3 is 12.3 Å². The molecule has 0 bridgehead atoms. The van der Waals surface area contributed by atoms with Gasteiger partial charge in [-0.1, -0.05) is 23.7 Å². The quantitative estimate of drug-likeness (QED) is 0.575. The fourth-order valence-electron chi connectivity index (χ4n) is 5.56. The van der Waals surface area contributed by atoms with Crippen LogP contribution in [0.1, 0.15) is 42.7 Å². The van der Waals surface area contributed by atoms with E-state index in [9.17, 15) is 27.9 Å². The number of nitrogens with zero attached hydrogens (tertiary/aromatic N) is 4. The molecule has 1 aromatic carbocycles. The molecule has 0 unspecified atom stereocenters. The van der Waals surface area contributed by atoms with Crippen molar-refractivity contribution in [3.63, 3.8) is 0 Å². The van der Waals surface area contributed by atoms with Gasteiger partial charge in [0.05, 0.1) is 11.6 Å². The molecule has 7 nitrogen and oxygen atoms in total. The van der Waals surface area contributed by atoms with Crippen molar-refractivity contribution in [2.45, 2.75) is 49.9 Å². The summed E-state index contributed by atoms with van der Waals surface area (Å²) in [5, 5.41) is 10.5. The molecule has 198 valence electrons. The highest BCUT2D eigenvalue weighted by molar-refractivity contribution is 6.30. The third-order valence-electron chi connectivity index (χ3n) is 7.66. The number of likely N-dealkylation sites (tertiary alicyclic amines) is 1. The van der Waals surface area contributed by atoms with Crippen molar-refractivity contribution in [2.75, 3.05) is 31.1 Å². The highest BCUT2D eigenvalue weighted by Gasteiger charge is 2.47. The van der Waals surface area contributed by atoms with Crippen LogP contribution in [-0.4, -0.2) is 70.2 Å². The monoisotopic (exact) mass is 536 g/mol. The average molecular weight is 537 g/mol. The van der Waals surface area contributed by atoms with Crippen LogP contribution in [0.15, 0.2) is 42.6 Å². The molecule has 2 aromatic rings. The number of carbonyl (C=O) groups excluding carboxylic acids is 1. The zero-order valence-electron chi connectivity index (χ0n) is 20.1. The molecule has 3 heterocycles. The van der Waals surface area contributed by atoms with Gasteiger partial charge in [-0.15, -0.1) is 0 Å². The topological polar surface area (TPSA) is 77.0 Å². The predicted molar refractivity (Wildman–Crippen MR) is 132 cm³/mol. The van der Waals surface area contributed by atoms with Gasteiger partial charge < -0.3 is 14.9 Å². The SMILES string of the molecule is O=C(C1CCN(c2ccc(C(F)(F)F)cn2)CC1)N1C[C@@H](N(C(=O)O)C2CC2)[C@H](c2ccc(Cl)cc2)C1. The van der Waals surface area contributed by atoms with Crippen LogP contribution in [0.4, 0.5) is 23.8 Å². The number of hydrogen-bond donors (Lipinski definition) is 1. The Morgan fingerprint density at radius 1 is 1.00 bits per heavy atom. The van der Waals surface area contributed by atoms with Crippen LogP contribution >= 0.6 is 11.6 Å². The Morgan fingerprint density at radius 3 is 2.22 bits per heavy atom. The first-order valence-corrected chi connectivity index (χ1v) is 12.8. The van der Waals surface area contributed by atoms with Gasteiger partial charge in [-0.05, 0) is 55.5 Å². The molecule has 3 fully saturated rings. The summed E-state index contributed by atoms with van der Waals surface area (Å²) in [5.41, 5.74) is 0.168. The molecule has 2 saturated heterocycles. The minimum atomic E-state index is -4.43. The molecule has 1 saturated carbocycles. The second-order valence-electron chi connectivity index (χ2n) is 10.1. The Bertz CT molecular complexity index is 1130. The minimum Gasteiger partial charge on any atom is -0.465 e. The number of benzene rings is 1. The van der Waals surface area contributed by atoms with Crippen LogP contribution < -0.4 is 4.90 Å². The number of anilines is 1. The lowest BCUT2D eigenvalue weighted by Gasteiger charge is -2.34. The second-order valence-corrected chi connectivity index (χ2v) is 10.5. The fourth-order valence-corrected chi connectivity index (χ4v) is 5.69. The van der Waals surface area contributed by atoms with E-state index in [2.05, 4.69) is 4.98 Å². The number of pyridine rings is 1. The molecule has 37 heavy (non-hydrogen) atoms. The van der Waals surface area contributed by atoms with E-state index in [1.54, 1.807) is 17.0 Å². The van der Waals surface area contributed by atoms with Crippen molar-refractivity contribution in [3.05, 3.63) is 58.7 Å². The lowest BCUT2D eigenvalue weighted by atomic mass is 9.93. The number of carbonyl (C=O) groups is 2. The van der Waals surface area contributed by atoms with Gasteiger partial charge in [-0.2, -0.15) is 13.2 Å². The Hall–Kier alpha value is -3.01. The van der Waals surface area contributed by atoms with Crippen molar-refractivity contribution >= 4 is 29.4 Å². The lowest BCUT2D eigenvalue weighted by molar-refractivity contribution is -0.138. The first-order chi connectivity index (χ1) is 17.6. The Labute approximate surface area is 217 Å². The molecule has 3 aliphatic rings. The number of carboxylic acid groups (broad SMARTS) is 1. The summed E-state index contributed by atoms with van der Waals surface area (Å²) in [5.74, 6) is 0.0935. The maximum absolute atomic E-state index is 13.5. The van der Waals surface area contributed by atoms with Crippen molar-refractivity contribution < 1.29 is 27.9 Å². The molecule has 11 heteroatoms. The van der Waals surface area contributed by atoms with Gasteiger partial charge in [-0.25, -0.2) is 9.78 Å². The minimum absolute atomic E-state index is 0.00243. The summed E-state index contributed by atoms with van der Waals surface area (Å²) in [4.78, 5) is 34.9. The maximum atomic E-state index is 13.5. The van der Waals surface area contributed by atoms with Crippen LogP contribution in [0.3, 0.4) is 0 Å². The van der Waals surface area contributed by atoms with Crippen molar-refractivity contribution in [1.82, 2.24) is 14.8 Å². The summed E-state index contributed by atoms with van der Waals surface area (Å²) >= 11 is 6.07. The first kappa shape index (κ1) is 25.6. The molecule has 1 aromatic heterocycles. The number of hydrogen-bond acceptors (Lipinski definition) is 4. The smallest absolute Gasteiger partial charge is 0.417 e. The van der Waals surface area contributed by atoms with E-state index in [0.29, 0.717) is 49.9 Å². The molecule has 0 radical (unpaired) electrons. The molecule has 2 aliphatic heterocycles. The van der Waals surface area contributed by atoms with Crippen molar-refractivity contribution in [2.24, 2.45) is 5.92 Å². The van der Waals surface area contributed by atoms with Crippen LogP contribution in [0.5, 0.6) is 0 Å². The molecule has 0 spiro atoms. The lowest BCUT2D eigenvalue weighted by Crippen LogP contribution is -2.46. The molecule has 1 N–H and O–H groups in total. The molecule has 5 rings (SSSR count). The van der Waals surface area contributed by atoms with Gasteiger partial charge in [0.15, 0.2) is 0 Å². The van der Waals surface area contributed by atoms with E-state index in [1.165, 1.54) is 11.0 Å². The van der Waals surface area contributed by atoms with Gasteiger partial charge in [0, 0.05) is 55.3 Å². The first-order valence-electron chi connectivity index (χ1n) is 12.5. The Balaban J connectivity index is 1.26. The van der Waals surface area contributed by atoms with E-state index in [1.807, 2.05) is 17.0 Å². The molecular formula is C26H28ClF3N4O3. The Kier molecular flexibility index (Phi) is 6.95. The molecule has 1 aliphatic carbocycles. The van der Waals surface area contributed by atoms with Crippen LogP contribution in [0, 0.1) is 5.92 Å². The van der Waals surface area contributed by atoms with Gasteiger partial charge in [0.25, 0.3) is 0 Å². The fraction of sp³-hybridized carbons (Fsp3) is 0.500. The molecule has 2 atom stereocenters. The van der Waals surface area contributed by atoms with Gasteiger partial charge in [0.2, 0.25) is 5.91 Å².